The monoisotopic (exact) mass is 297 g/mol. The summed E-state index contributed by atoms with van der Waals surface area (Å²) in [6, 6.07) is 3.28. The van der Waals surface area contributed by atoms with Crippen LogP contribution in [0, 0.1) is 17.1 Å². The molecule has 0 aliphatic carbocycles. The van der Waals surface area contributed by atoms with Crippen molar-refractivity contribution in [1.29, 1.82) is 5.26 Å². The molecule has 0 N–H and O–H groups in total. The van der Waals surface area contributed by atoms with Crippen LogP contribution >= 0.6 is 26.6 Å². The molecule has 3 nitrogen and oxygen atoms in total. The quantitative estimate of drug-likeness (QED) is 0.748. The van der Waals surface area contributed by atoms with Crippen LogP contribution in [0.1, 0.15) is 5.56 Å². The van der Waals surface area contributed by atoms with Gasteiger partial charge < -0.3 is 0 Å². The van der Waals surface area contributed by atoms with Gasteiger partial charge in [-0.3, -0.25) is 0 Å². The molecular weight excluding hydrogens is 297 g/mol. The van der Waals surface area contributed by atoms with E-state index < -0.39 is 19.8 Å². The molecule has 0 aliphatic rings. The Morgan fingerprint density at radius 2 is 2.07 bits per heavy atom. The standard InChI is InChI=1S/C7H2BrClFNO2S/c8-6-2-5(10)1-4(3-11)7(6)14(9,12)13/h1-2H. The van der Waals surface area contributed by atoms with Gasteiger partial charge in [-0.05, 0) is 28.1 Å². The van der Waals surface area contributed by atoms with Gasteiger partial charge >= 0.3 is 0 Å². The lowest BCUT2D eigenvalue weighted by Gasteiger charge is -2.02. The van der Waals surface area contributed by atoms with Crippen LogP contribution in [0.2, 0.25) is 0 Å². The number of nitriles is 1. The molecule has 14 heavy (non-hydrogen) atoms. The molecule has 0 fully saturated rings. The Labute approximate surface area is 92.7 Å². The highest BCUT2D eigenvalue weighted by molar-refractivity contribution is 9.10. The average Bonchev–Trinajstić information content (AvgIpc) is 1.99. The molecule has 74 valence electrons. The number of rotatable bonds is 1. The first-order valence-corrected chi connectivity index (χ1v) is 6.30. The van der Waals surface area contributed by atoms with E-state index in [4.69, 9.17) is 15.9 Å². The van der Waals surface area contributed by atoms with Gasteiger partial charge in [-0.25, -0.2) is 12.8 Å². The summed E-state index contributed by atoms with van der Waals surface area (Å²) < 4.78 is 34.7. The molecule has 1 rings (SSSR count). The number of nitrogens with zero attached hydrogens (tertiary/aromatic N) is 1. The zero-order valence-corrected chi connectivity index (χ0v) is 9.62. The summed E-state index contributed by atoms with van der Waals surface area (Å²) >= 11 is 2.82. The van der Waals surface area contributed by atoms with Gasteiger partial charge in [-0.1, -0.05) is 0 Å². The fourth-order valence-electron chi connectivity index (χ4n) is 0.891. The van der Waals surface area contributed by atoms with E-state index in [9.17, 15) is 12.8 Å². The van der Waals surface area contributed by atoms with Crippen LogP contribution in [0.15, 0.2) is 21.5 Å². The van der Waals surface area contributed by atoms with Gasteiger partial charge in [-0.15, -0.1) is 0 Å². The topological polar surface area (TPSA) is 57.9 Å². The lowest BCUT2D eigenvalue weighted by Crippen LogP contribution is -1.97. The molecule has 0 aliphatic heterocycles. The molecule has 0 heterocycles. The number of halogens is 3. The maximum atomic E-state index is 12.8. The predicted octanol–water partition coefficient (Wildman–Crippen LogP) is 2.39. The molecule has 0 bridgehead atoms. The summed E-state index contributed by atoms with van der Waals surface area (Å²) in [4.78, 5) is -0.414. The van der Waals surface area contributed by atoms with Crippen LogP contribution < -0.4 is 0 Å². The Hall–Kier alpha value is -0.640. The smallest absolute Gasteiger partial charge is 0.207 e. The van der Waals surface area contributed by atoms with Crippen molar-refractivity contribution in [2.24, 2.45) is 0 Å². The maximum absolute atomic E-state index is 12.8. The molecule has 0 unspecified atom stereocenters. The summed E-state index contributed by atoms with van der Waals surface area (Å²) in [5.74, 6) is -0.711. The molecule has 7 heteroatoms. The molecule has 1 aromatic rings. The first-order chi connectivity index (χ1) is 6.36. The van der Waals surface area contributed by atoms with Crippen LogP contribution in [-0.2, 0) is 9.05 Å². The van der Waals surface area contributed by atoms with Crippen LogP contribution in [-0.4, -0.2) is 8.42 Å². The molecule has 0 saturated heterocycles. The maximum Gasteiger partial charge on any atom is 0.263 e. The van der Waals surface area contributed by atoms with E-state index in [0.717, 1.165) is 12.1 Å². The van der Waals surface area contributed by atoms with Crippen molar-refractivity contribution in [3.63, 3.8) is 0 Å². The van der Waals surface area contributed by atoms with E-state index in [1.54, 1.807) is 6.07 Å². The number of hydrogen-bond donors (Lipinski definition) is 0. The first kappa shape index (κ1) is 11.4. The highest BCUT2D eigenvalue weighted by atomic mass is 79.9. The summed E-state index contributed by atoms with van der Waals surface area (Å²) in [6.45, 7) is 0. The first-order valence-electron chi connectivity index (χ1n) is 3.20. The number of benzene rings is 1. The van der Waals surface area contributed by atoms with Crippen molar-refractivity contribution in [3.05, 3.63) is 28.0 Å². The van der Waals surface area contributed by atoms with Gasteiger partial charge in [0.1, 0.15) is 16.8 Å². The Kier molecular flexibility index (Phi) is 3.14. The molecule has 0 atom stereocenters. The van der Waals surface area contributed by atoms with E-state index in [2.05, 4.69) is 15.9 Å². The zero-order valence-electron chi connectivity index (χ0n) is 6.46. The van der Waals surface area contributed by atoms with Gasteiger partial charge in [0.05, 0.1) is 5.56 Å². The normalized spacial score (nSPS) is 11.0. The molecule has 0 amide bonds. The van der Waals surface area contributed by atoms with E-state index in [-0.39, 0.29) is 10.0 Å². The van der Waals surface area contributed by atoms with Gasteiger partial charge in [0, 0.05) is 15.2 Å². The fraction of sp³-hybridized carbons (Fsp3) is 0. The van der Waals surface area contributed by atoms with Crippen LogP contribution in [0.3, 0.4) is 0 Å². The largest absolute Gasteiger partial charge is 0.263 e. The van der Waals surface area contributed by atoms with Crippen LogP contribution in [0.4, 0.5) is 4.39 Å². The third-order valence-electron chi connectivity index (χ3n) is 1.37. The summed E-state index contributed by atoms with van der Waals surface area (Å²) in [7, 11) is 1.01. The lowest BCUT2D eigenvalue weighted by molar-refractivity contribution is 0.606. The Bertz CT molecular complexity index is 523. The molecule has 0 saturated carbocycles. The Morgan fingerprint density at radius 3 is 2.50 bits per heavy atom. The van der Waals surface area contributed by atoms with E-state index in [1.807, 2.05) is 0 Å². The summed E-state index contributed by atoms with van der Waals surface area (Å²) in [5.41, 5.74) is -0.327. The highest BCUT2D eigenvalue weighted by Gasteiger charge is 2.20. The van der Waals surface area contributed by atoms with Crippen molar-refractivity contribution in [2.45, 2.75) is 4.90 Å². The van der Waals surface area contributed by atoms with Gasteiger partial charge in [0.25, 0.3) is 9.05 Å². The average molecular weight is 299 g/mol. The van der Waals surface area contributed by atoms with Crippen molar-refractivity contribution in [1.82, 2.24) is 0 Å². The van der Waals surface area contributed by atoms with Crippen LogP contribution in [0.25, 0.3) is 0 Å². The highest BCUT2D eigenvalue weighted by Crippen LogP contribution is 2.29. The van der Waals surface area contributed by atoms with Crippen molar-refractivity contribution < 1.29 is 12.8 Å². The van der Waals surface area contributed by atoms with Gasteiger partial charge in [-0.2, -0.15) is 5.26 Å². The SMILES string of the molecule is N#Cc1cc(F)cc(Br)c1S(=O)(=O)Cl. The molecule has 0 spiro atoms. The van der Waals surface area contributed by atoms with Crippen LogP contribution in [0.5, 0.6) is 0 Å². The van der Waals surface area contributed by atoms with Gasteiger partial charge in [0.2, 0.25) is 0 Å². The van der Waals surface area contributed by atoms with Gasteiger partial charge in [0.15, 0.2) is 0 Å². The van der Waals surface area contributed by atoms with E-state index >= 15 is 0 Å². The molecule has 0 radical (unpaired) electrons. The Morgan fingerprint density at radius 1 is 1.50 bits per heavy atom. The minimum absolute atomic E-state index is 0.0657. The van der Waals surface area contributed by atoms with Crippen molar-refractivity contribution in [3.8, 4) is 6.07 Å². The minimum Gasteiger partial charge on any atom is -0.207 e. The second kappa shape index (κ2) is 3.85. The summed E-state index contributed by atoms with van der Waals surface area (Å²) in [6.07, 6.45) is 0. The van der Waals surface area contributed by atoms with Crippen molar-refractivity contribution in [2.75, 3.05) is 0 Å². The molecular formula is C7H2BrClFNO2S. The Balaban J connectivity index is 3.68. The second-order valence-corrected chi connectivity index (χ2v) is 5.67. The van der Waals surface area contributed by atoms with E-state index in [1.165, 1.54) is 0 Å². The zero-order chi connectivity index (χ0) is 10.9. The third-order valence-corrected chi connectivity index (χ3v) is 3.65. The predicted molar refractivity (Wildman–Crippen MR) is 51.9 cm³/mol. The lowest BCUT2D eigenvalue weighted by atomic mass is 10.2. The third kappa shape index (κ3) is 2.23. The van der Waals surface area contributed by atoms with Crippen molar-refractivity contribution >= 4 is 35.7 Å². The second-order valence-electron chi connectivity index (χ2n) is 2.31. The van der Waals surface area contributed by atoms with E-state index in [0.29, 0.717) is 0 Å². The number of hydrogen-bond acceptors (Lipinski definition) is 3. The summed E-state index contributed by atoms with van der Waals surface area (Å²) in [5, 5.41) is 8.57. The molecule has 1 aromatic carbocycles. The molecule has 0 aromatic heterocycles. The fourth-order valence-corrected chi connectivity index (χ4v) is 3.40. The minimum atomic E-state index is -4.06.